The zero-order valence-corrected chi connectivity index (χ0v) is 14.6. The molecular formula is C14H22ClN3O3S. The lowest BCUT2D eigenvalue weighted by Crippen LogP contribution is -2.49. The van der Waals surface area contributed by atoms with Gasteiger partial charge in [0.1, 0.15) is 0 Å². The second-order valence-corrected chi connectivity index (χ2v) is 5.74. The molecule has 6 nitrogen and oxygen atoms in total. The predicted molar refractivity (Wildman–Crippen MR) is 92.0 cm³/mol. The van der Waals surface area contributed by atoms with Crippen molar-refractivity contribution in [2.24, 2.45) is 5.73 Å². The minimum Gasteiger partial charge on any atom is -0.350 e. The number of rotatable bonds is 7. The number of nitrogens with two attached hydrogens (primary N) is 1. The van der Waals surface area contributed by atoms with E-state index in [0.29, 0.717) is 11.4 Å². The highest BCUT2D eigenvalue weighted by molar-refractivity contribution is 7.98. The maximum atomic E-state index is 12.1. The standard InChI is InChI=1S/C14H21N3O3S.ClH/c1-4-14(15,5-2)9-16-13(18)10-6-7-12(21-3)11(8-10)17(19)20;/h6-8H,4-5,9,15H2,1-3H3,(H,16,18);1H. The Morgan fingerprint density at radius 2 is 2.00 bits per heavy atom. The lowest BCUT2D eigenvalue weighted by Gasteiger charge is -2.26. The topological polar surface area (TPSA) is 98.3 Å². The maximum Gasteiger partial charge on any atom is 0.283 e. The van der Waals surface area contributed by atoms with Gasteiger partial charge in [-0.3, -0.25) is 14.9 Å². The van der Waals surface area contributed by atoms with Gasteiger partial charge in [-0.2, -0.15) is 0 Å². The van der Waals surface area contributed by atoms with Crippen LogP contribution >= 0.6 is 24.2 Å². The van der Waals surface area contributed by atoms with Crippen LogP contribution in [0.25, 0.3) is 0 Å². The molecular weight excluding hydrogens is 326 g/mol. The predicted octanol–water partition coefficient (Wildman–Crippen LogP) is 2.99. The summed E-state index contributed by atoms with van der Waals surface area (Å²) in [5.41, 5.74) is 5.89. The molecule has 0 heterocycles. The van der Waals surface area contributed by atoms with Crippen molar-refractivity contribution in [3.05, 3.63) is 33.9 Å². The molecule has 0 saturated carbocycles. The molecule has 3 N–H and O–H groups in total. The summed E-state index contributed by atoms with van der Waals surface area (Å²) in [4.78, 5) is 23.2. The lowest BCUT2D eigenvalue weighted by molar-refractivity contribution is -0.387. The van der Waals surface area contributed by atoms with Crippen LogP contribution in [0.15, 0.2) is 23.1 Å². The SMILES string of the molecule is CCC(N)(CC)CNC(=O)c1ccc(SC)c([N+](=O)[O-])c1.Cl. The number of hydrogen-bond donors (Lipinski definition) is 2. The Balaban J connectivity index is 0.00000441. The molecule has 1 aromatic rings. The molecule has 0 aliphatic carbocycles. The van der Waals surface area contributed by atoms with Gasteiger partial charge in [0.25, 0.3) is 11.6 Å². The first-order chi connectivity index (χ1) is 9.86. The molecule has 0 atom stereocenters. The Hall–Kier alpha value is -1.31. The van der Waals surface area contributed by atoms with E-state index < -0.39 is 10.5 Å². The zero-order valence-electron chi connectivity index (χ0n) is 12.9. The van der Waals surface area contributed by atoms with Crippen molar-refractivity contribution < 1.29 is 9.72 Å². The number of halogens is 1. The molecule has 0 fully saturated rings. The van der Waals surface area contributed by atoms with Gasteiger partial charge in [0, 0.05) is 23.7 Å². The van der Waals surface area contributed by atoms with E-state index in [4.69, 9.17) is 5.73 Å². The van der Waals surface area contributed by atoms with E-state index in [-0.39, 0.29) is 29.6 Å². The molecule has 0 aliphatic rings. The number of nitro benzene ring substituents is 1. The van der Waals surface area contributed by atoms with Crippen molar-refractivity contribution in [2.45, 2.75) is 37.1 Å². The van der Waals surface area contributed by atoms with Crippen LogP contribution in [-0.4, -0.2) is 29.2 Å². The van der Waals surface area contributed by atoms with E-state index in [1.807, 2.05) is 13.8 Å². The van der Waals surface area contributed by atoms with Crippen molar-refractivity contribution in [1.82, 2.24) is 5.32 Å². The normalized spacial score (nSPS) is 10.7. The lowest BCUT2D eigenvalue weighted by atomic mass is 9.94. The first-order valence-corrected chi connectivity index (χ1v) is 7.99. The van der Waals surface area contributed by atoms with E-state index >= 15 is 0 Å². The number of nitro groups is 1. The van der Waals surface area contributed by atoms with Crippen molar-refractivity contribution >= 4 is 35.8 Å². The summed E-state index contributed by atoms with van der Waals surface area (Å²) < 4.78 is 0. The molecule has 22 heavy (non-hydrogen) atoms. The summed E-state index contributed by atoms with van der Waals surface area (Å²) in [5, 5.41) is 13.8. The highest BCUT2D eigenvalue weighted by Crippen LogP contribution is 2.28. The molecule has 0 aliphatic heterocycles. The maximum absolute atomic E-state index is 12.1. The van der Waals surface area contributed by atoms with Crippen LogP contribution < -0.4 is 11.1 Å². The number of amides is 1. The second-order valence-electron chi connectivity index (χ2n) is 4.90. The van der Waals surface area contributed by atoms with E-state index in [1.54, 1.807) is 18.4 Å². The van der Waals surface area contributed by atoms with E-state index in [0.717, 1.165) is 12.8 Å². The van der Waals surface area contributed by atoms with Crippen LogP contribution in [0.2, 0.25) is 0 Å². The Labute approximate surface area is 140 Å². The van der Waals surface area contributed by atoms with Crippen molar-refractivity contribution in [1.29, 1.82) is 0 Å². The van der Waals surface area contributed by atoms with Crippen molar-refractivity contribution in [3.8, 4) is 0 Å². The number of benzene rings is 1. The third-order valence-corrected chi connectivity index (χ3v) is 4.43. The van der Waals surface area contributed by atoms with E-state index in [2.05, 4.69) is 5.32 Å². The molecule has 0 aromatic heterocycles. The number of carbonyl (C=O) groups is 1. The van der Waals surface area contributed by atoms with Crippen molar-refractivity contribution in [2.75, 3.05) is 12.8 Å². The number of carbonyl (C=O) groups excluding carboxylic acids is 1. The highest BCUT2D eigenvalue weighted by atomic mass is 35.5. The average Bonchev–Trinajstić information content (AvgIpc) is 2.51. The summed E-state index contributed by atoms with van der Waals surface area (Å²) in [6.45, 7) is 4.28. The van der Waals surface area contributed by atoms with E-state index in [9.17, 15) is 14.9 Å². The van der Waals surface area contributed by atoms with Gasteiger partial charge in [-0.15, -0.1) is 24.2 Å². The Bertz CT molecular complexity index is 536. The smallest absolute Gasteiger partial charge is 0.283 e. The first-order valence-electron chi connectivity index (χ1n) is 6.76. The van der Waals surface area contributed by atoms with Crippen LogP contribution in [-0.2, 0) is 0 Å². The fourth-order valence-electron chi connectivity index (χ4n) is 1.83. The van der Waals surface area contributed by atoms with Crippen LogP contribution in [0.5, 0.6) is 0 Å². The summed E-state index contributed by atoms with van der Waals surface area (Å²) >= 11 is 1.28. The van der Waals surface area contributed by atoms with Gasteiger partial charge < -0.3 is 11.1 Å². The fourth-order valence-corrected chi connectivity index (χ4v) is 2.38. The molecule has 1 amide bonds. The van der Waals surface area contributed by atoms with Crippen molar-refractivity contribution in [3.63, 3.8) is 0 Å². The summed E-state index contributed by atoms with van der Waals surface area (Å²) in [6.07, 6.45) is 3.25. The minimum atomic E-state index is -0.478. The van der Waals surface area contributed by atoms with Gasteiger partial charge >= 0.3 is 0 Å². The fraction of sp³-hybridized carbons (Fsp3) is 0.500. The van der Waals surface area contributed by atoms with E-state index in [1.165, 1.54) is 17.8 Å². The molecule has 8 heteroatoms. The minimum absolute atomic E-state index is 0. The van der Waals surface area contributed by atoms with Crippen LogP contribution in [0, 0.1) is 10.1 Å². The first kappa shape index (κ1) is 20.7. The third-order valence-electron chi connectivity index (χ3n) is 3.65. The largest absolute Gasteiger partial charge is 0.350 e. The van der Waals surface area contributed by atoms with Gasteiger partial charge in [-0.1, -0.05) is 13.8 Å². The monoisotopic (exact) mass is 347 g/mol. The summed E-state index contributed by atoms with van der Waals surface area (Å²) in [5.74, 6) is -0.345. The van der Waals surface area contributed by atoms with Gasteiger partial charge in [0.15, 0.2) is 0 Å². The summed E-state index contributed by atoms with van der Waals surface area (Å²) in [7, 11) is 0. The van der Waals surface area contributed by atoms with Gasteiger partial charge in [-0.05, 0) is 31.2 Å². The summed E-state index contributed by atoms with van der Waals surface area (Å²) in [6, 6.07) is 4.48. The second kappa shape index (κ2) is 8.97. The molecule has 1 rings (SSSR count). The molecule has 0 radical (unpaired) electrons. The van der Waals surface area contributed by atoms with Gasteiger partial charge in [0.05, 0.1) is 9.82 Å². The van der Waals surface area contributed by atoms with Crippen LogP contribution in [0.3, 0.4) is 0 Å². The number of hydrogen-bond acceptors (Lipinski definition) is 5. The molecule has 0 bridgehead atoms. The highest BCUT2D eigenvalue weighted by Gasteiger charge is 2.22. The van der Waals surface area contributed by atoms with Gasteiger partial charge in [-0.25, -0.2) is 0 Å². The molecule has 124 valence electrons. The van der Waals surface area contributed by atoms with Crippen LogP contribution in [0.4, 0.5) is 5.69 Å². The molecule has 0 spiro atoms. The molecule has 0 unspecified atom stereocenters. The quantitative estimate of drug-likeness (QED) is 0.449. The number of nitrogens with one attached hydrogen (secondary N) is 1. The molecule has 1 aromatic carbocycles. The third kappa shape index (κ3) is 5.15. The number of thioether (sulfide) groups is 1. The number of nitrogens with zero attached hydrogens (tertiary/aromatic N) is 1. The Kier molecular flexibility index (Phi) is 8.44. The Morgan fingerprint density at radius 1 is 1.41 bits per heavy atom. The zero-order chi connectivity index (χ0) is 16.0. The van der Waals surface area contributed by atoms with Gasteiger partial charge in [0.2, 0.25) is 0 Å². The molecule has 0 saturated heterocycles. The average molecular weight is 348 g/mol. The Morgan fingerprint density at radius 3 is 2.45 bits per heavy atom. The van der Waals surface area contributed by atoms with Crippen LogP contribution in [0.1, 0.15) is 37.0 Å².